The lowest BCUT2D eigenvalue weighted by Gasteiger charge is -2.56. The first-order chi connectivity index (χ1) is 9.39. The van der Waals surface area contributed by atoms with Crippen LogP contribution < -0.4 is 0 Å². The summed E-state index contributed by atoms with van der Waals surface area (Å²) in [6.07, 6.45) is 7.10. The molecule has 112 valence electrons. The van der Waals surface area contributed by atoms with Crippen LogP contribution in [-0.4, -0.2) is 35.5 Å². The normalized spacial score (nSPS) is 39.6. The number of amides is 1. The smallest absolute Gasteiger partial charge is 0.308 e. The van der Waals surface area contributed by atoms with E-state index in [4.69, 9.17) is 5.11 Å². The van der Waals surface area contributed by atoms with E-state index in [1.165, 1.54) is 19.3 Å². The number of nitrogens with zero attached hydrogens (tertiary/aromatic N) is 1. The molecule has 1 N–H and O–H groups in total. The summed E-state index contributed by atoms with van der Waals surface area (Å²) in [5.74, 6) is 1.14. The maximum Gasteiger partial charge on any atom is 0.308 e. The van der Waals surface area contributed by atoms with E-state index in [0.29, 0.717) is 6.54 Å². The van der Waals surface area contributed by atoms with E-state index in [9.17, 15) is 9.59 Å². The van der Waals surface area contributed by atoms with E-state index < -0.39 is 11.9 Å². The van der Waals surface area contributed by atoms with Crippen LogP contribution in [0.5, 0.6) is 0 Å². The molecule has 4 saturated carbocycles. The van der Waals surface area contributed by atoms with Crippen LogP contribution in [0.1, 0.15) is 45.4 Å². The molecule has 4 heteroatoms. The molecule has 4 bridgehead atoms. The van der Waals surface area contributed by atoms with Crippen molar-refractivity contribution in [2.45, 2.75) is 45.4 Å². The third-order valence-corrected chi connectivity index (χ3v) is 5.81. The Bertz CT molecular complexity index is 396. The van der Waals surface area contributed by atoms with Crippen molar-refractivity contribution < 1.29 is 14.7 Å². The van der Waals surface area contributed by atoms with Gasteiger partial charge in [-0.3, -0.25) is 9.59 Å². The van der Waals surface area contributed by atoms with Crippen LogP contribution in [0.15, 0.2) is 0 Å². The van der Waals surface area contributed by atoms with E-state index in [-0.39, 0.29) is 11.3 Å². The lowest BCUT2D eigenvalue weighted by Crippen LogP contribution is -2.54. The first kappa shape index (κ1) is 13.9. The summed E-state index contributed by atoms with van der Waals surface area (Å²) >= 11 is 0. The van der Waals surface area contributed by atoms with Gasteiger partial charge in [0.25, 0.3) is 0 Å². The second-order valence-corrected chi connectivity index (χ2v) is 7.62. The Balaban J connectivity index is 1.72. The van der Waals surface area contributed by atoms with Gasteiger partial charge in [0.2, 0.25) is 5.91 Å². The van der Waals surface area contributed by atoms with Gasteiger partial charge in [-0.25, -0.2) is 0 Å². The molecule has 1 atom stereocenters. The summed E-state index contributed by atoms with van der Waals surface area (Å²) in [5.41, 5.74) is -0.151. The number of carboxylic acids is 1. The van der Waals surface area contributed by atoms with Crippen LogP contribution in [0, 0.1) is 29.1 Å². The fourth-order valence-electron chi connectivity index (χ4n) is 5.35. The Labute approximate surface area is 120 Å². The molecular formula is C16H25NO3. The molecule has 4 aliphatic rings. The highest BCUT2D eigenvalue weighted by atomic mass is 16.4. The number of carboxylic acid groups (broad SMARTS) is 1. The number of hydrogen-bond donors (Lipinski definition) is 1. The minimum atomic E-state index is -0.824. The highest BCUT2D eigenvalue weighted by Gasteiger charge is 2.55. The third kappa shape index (κ3) is 2.23. The first-order valence-corrected chi connectivity index (χ1v) is 7.88. The van der Waals surface area contributed by atoms with E-state index >= 15 is 0 Å². The zero-order chi connectivity index (χ0) is 14.5. The predicted molar refractivity (Wildman–Crippen MR) is 75.0 cm³/mol. The molecular weight excluding hydrogens is 254 g/mol. The molecule has 0 aromatic carbocycles. The largest absolute Gasteiger partial charge is 0.481 e. The SMILES string of the molecule is CC(CN(C)C(=O)C12CC3CC(CC(C3)C1)C2)C(=O)O. The van der Waals surface area contributed by atoms with Crippen molar-refractivity contribution in [2.75, 3.05) is 13.6 Å². The van der Waals surface area contributed by atoms with Gasteiger partial charge in [-0.2, -0.15) is 0 Å². The standard InChI is InChI=1S/C16H25NO3/c1-10(14(18)19)9-17(2)15(20)16-6-11-3-12(7-16)5-13(4-11)8-16/h10-13H,3-9H2,1-2H3,(H,18,19). The summed E-state index contributed by atoms with van der Waals surface area (Å²) in [6.45, 7) is 2.00. The lowest BCUT2D eigenvalue weighted by molar-refractivity contribution is -0.157. The van der Waals surface area contributed by atoms with Gasteiger partial charge in [0.1, 0.15) is 0 Å². The van der Waals surface area contributed by atoms with Gasteiger partial charge < -0.3 is 10.0 Å². The number of hydrogen-bond acceptors (Lipinski definition) is 2. The topological polar surface area (TPSA) is 57.6 Å². The summed E-state index contributed by atoms with van der Waals surface area (Å²) < 4.78 is 0. The van der Waals surface area contributed by atoms with E-state index in [1.54, 1.807) is 18.9 Å². The monoisotopic (exact) mass is 279 g/mol. The molecule has 0 aromatic rings. The summed E-state index contributed by atoms with van der Waals surface area (Å²) in [7, 11) is 1.78. The molecule has 4 aliphatic carbocycles. The molecule has 0 heterocycles. The van der Waals surface area contributed by atoms with Crippen LogP contribution in [0.3, 0.4) is 0 Å². The van der Waals surface area contributed by atoms with Gasteiger partial charge >= 0.3 is 5.97 Å². The molecule has 1 unspecified atom stereocenters. The molecule has 4 fully saturated rings. The van der Waals surface area contributed by atoms with E-state index in [1.807, 2.05) is 0 Å². The van der Waals surface area contributed by atoms with E-state index in [2.05, 4.69) is 0 Å². The molecule has 20 heavy (non-hydrogen) atoms. The Morgan fingerprint density at radius 1 is 1.15 bits per heavy atom. The van der Waals surface area contributed by atoms with Crippen LogP contribution in [0.2, 0.25) is 0 Å². The summed E-state index contributed by atoms with van der Waals surface area (Å²) in [5, 5.41) is 9.01. The molecule has 0 aliphatic heterocycles. The highest BCUT2D eigenvalue weighted by molar-refractivity contribution is 5.83. The van der Waals surface area contributed by atoms with Crippen LogP contribution in [-0.2, 0) is 9.59 Å². The maximum absolute atomic E-state index is 12.9. The van der Waals surface area contributed by atoms with Gasteiger partial charge in [0, 0.05) is 13.6 Å². The number of rotatable bonds is 4. The Morgan fingerprint density at radius 2 is 1.60 bits per heavy atom. The third-order valence-electron chi connectivity index (χ3n) is 5.81. The van der Waals surface area contributed by atoms with Crippen LogP contribution >= 0.6 is 0 Å². The minimum absolute atomic E-state index is 0.151. The van der Waals surface area contributed by atoms with Gasteiger partial charge in [0.05, 0.1) is 11.3 Å². The zero-order valence-electron chi connectivity index (χ0n) is 12.5. The van der Waals surface area contributed by atoms with Crippen molar-refractivity contribution in [3.63, 3.8) is 0 Å². The van der Waals surface area contributed by atoms with Crippen molar-refractivity contribution >= 4 is 11.9 Å². The van der Waals surface area contributed by atoms with Crippen LogP contribution in [0.25, 0.3) is 0 Å². The Kier molecular flexibility index (Phi) is 3.30. The number of carbonyl (C=O) groups excluding carboxylic acids is 1. The summed E-state index contributed by atoms with van der Waals surface area (Å²) in [6, 6.07) is 0. The molecule has 0 aromatic heterocycles. The van der Waals surface area contributed by atoms with E-state index in [0.717, 1.165) is 37.0 Å². The second kappa shape index (κ2) is 4.74. The van der Waals surface area contributed by atoms with Crippen LogP contribution in [0.4, 0.5) is 0 Å². The molecule has 0 saturated heterocycles. The molecule has 4 rings (SSSR count). The number of aliphatic carboxylic acids is 1. The maximum atomic E-state index is 12.9. The Morgan fingerprint density at radius 3 is 2.00 bits per heavy atom. The van der Waals surface area contributed by atoms with Crippen molar-refractivity contribution in [3.05, 3.63) is 0 Å². The zero-order valence-corrected chi connectivity index (χ0v) is 12.5. The minimum Gasteiger partial charge on any atom is -0.481 e. The molecule has 0 spiro atoms. The predicted octanol–water partition coefficient (Wildman–Crippen LogP) is 2.38. The average Bonchev–Trinajstić information content (AvgIpc) is 2.35. The fourth-order valence-corrected chi connectivity index (χ4v) is 5.35. The second-order valence-electron chi connectivity index (χ2n) is 7.62. The van der Waals surface area contributed by atoms with Crippen molar-refractivity contribution in [1.82, 2.24) is 4.90 Å². The van der Waals surface area contributed by atoms with Gasteiger partial charge in [-0.15, -0.1) is 0 Å². The lowest BCUT2D eigenvalue weighted by atomic mass is 9.49. The molecule has 0 radical (unpaired) electrons. The van der Waals surface area contributed by atoms with Gasteiger partial charge in [-0.1, -0.05) is 6.92 Å². The Hall–Kier alpha value is -1.06. The van der Waals surface area contributed by atoms with Gasteiger partial charge in [0.15, 0.2) is 0 Å². The highest BCUT2D eigenvalue weighted by Crippen LogP contribution is 2.60. The van der Waals surface area contributed by atoms with Crippen molar-refractivity contribution in [1.29, 1.82) is 0 Å². The fraction of sp³-hybridized carbons (Fsp3) is 0.875. The summed E-state index contributed by atoms with van der Waals surface area (Å²) in [4.78, 5) is 25.5. The number of carbonyl (C=O) groups is 2. The van der Waals surface area contributed by atoms with Gasteiger partial charge in [-0.05, 0) is 56.3 Å². The quantitative estimate of drug-likeness (QED) is 0.859. The van der Waals surface area contributed by atoms with Crippen molar-refractivity contribution in [3.8, 4) is 0 Å². The molecule has 4 nitrogen and oxygen atoms in total. The average molecular weight is 279 g/mol. The van der Waals surface area contributed by atoms with Crippen molar-refractivity contribution in [2.24, 2.45) is 29.1 Å². The first-order valence-electron chi connectivity index (χ1n) is 7.88. The molecule has 1 amide bonds.